The Hall–Kier alpha value is -3.14. The van der Waals surface area contributed by atoms with Crippen LogP contribution in [0, 0.1) is 15.9 Å². The fraction of sp³-hybridized carbons (Fsp3) is 0.0714. The maximum Gasteiger partial charge on any atom is 0.320 e. The lowest BCUT2D eigenvalue weighted by Gasteiger charge is -2.01. The van der Waals surface area contributed by atoms with E-state index in [1.807, 2.05) is 0 Å². The van der Waals surface area contributed by atoms with Gasteiger partial charge in [-0.25, -0.2) is 9.37 Å². The van der Waals surface area contributed by atoms with Crippen molar-refractivity contribution in [3.05, 3.63) is 58.3 Å². The molecule has 0 aliphatic carbocycles. The molecule has 0 saturated carbocycles. The van der Waals surface area contributed by atoms with E-state index in [-0.39, 0.29) is 10.8 Å². The van der Waals surface area contributed by atoms with Gasteiger partial charge in [0, 0.05) is 18.8 Å². The van der Waals surface area contributed by atoms with Crippen LogP contribution < -0.4 is 5.32 Å². The fourth-order valence-corrected chi connectivity index (χ4v) is 2.93. The van der Waals surface area contributed by atoms with Gasteiger partial charge < -0.3 is 0 Å². The first kappa shape index (κ1) is 15.7. The Morgan fingerprint density at radius 2 is 2.12 bits per heavy atom. The van der Waals surface area contributed by atoms with Crippen molar-refractivity contribution in [2.45, 2.75) is 0 Å². The fourth-order valence-electron chi connectivity index (χ4n) is 2.10. The van der Waals surface area contributed by atoms with Crippen molar-refractivity contribution < 1.29 is 14.1 Å². The zero-order chi connectivity index (χ0) is 17.3. The molecule has 0 bridgehead atoms. The van der Waals surface area contributed by atoms with Gasteiger partial charge in [-0.05, 0) is 6.07 Å². The Balaban J connectivity index is 1.86. The van der Waals surface area contributed by atoms with Gasteiger partial charge in [0.2, 0.25) is 5.69 Å². The van der Waals surface area contributed by atoms with Crippen molar-refractivity contribution in [3.8, 4) is 10.4 Å². The Labute approximate surface area is 138 Å². The van der Waals surface area contributed by atoms with Crippen LogP contribution in [-0.4, -0.2) is 25.6 Å². The van der Waals surface area contributed by atoms with Crippen LogP contribution in [0.1, 0.15) is 10.5 Å². The Morgan fingerprint density at radius 1 is 1.38 bits per heavy atom. The molecule has 0 radical (unpaired) electrons. The van der Waals surface area contributed by atoms with Gasteiger partial charge in [-0.1, -0.05) is 29.5 Å². The second-order valence-electron chi connectivity index (χ2n) is 4.72. The number of carbonyl (C=O) groups excluding carboxylic acids is 1. The zero-order valence-corrected chi connectivity index (χ0v) is 13.1. The second-order valence-corrected chi connectivity index (χ2v) is 5.75. The lowest BCUT2D eigenvalue weighted by atomic mass is 10.2. The predicted molar refractivity (Wildman–Crippen MR) is 85.3 cm³/mol. The molecule has 24 heavy (non-hydrogen) atoms. The first-order chi connectivity index (χ1) is 11.5. The zero-order valence-electron chi connectivity index (χ0n) is 12.3. The molecular formula is C14H10FN5O3S. The highest BCUT2D eigenvalue weighted by Gasteiger charge is 2.26. The standard InChI is InChI=1S/C14H10FN5O3S/c1-19-12(10(6-17-19)20(22)23)13(21)18-14-16-7-11(24-14)8-4-2-3-5-9(8)15/h2-7H,1H3,(H,16,18,21). The van der Waals surface area contributed by atoms with E-state index in [9.17, 15) is 19.3 Å². The minimum atomic E-state index is -0.712. The third kappa shape index (κ3) is 2.86. The van der Waals surface area contributed by atoms with Crippen LogP contribution in [0.2, 0.25) is 0 Å². The number of carbonyl (C=O) groups is 1. The van der Waals surface area contributed by atoms with E-state index in [0.29, 0.717) is 10.4 Å². The summed E-state index contributed by atoms with van der Waals surface area (Å²) in [5.41, 5.74) is -0.231. The second kappa shape index (κ2) is 6.16. The van der Waals surface area contributed by atoms with Crippen molar-refractivity contribution >= 4 is 28.1 Å². The number of halogens is 1. The Kier molecular flexibility index (Phi) is 4.04. The summed E-state index contributed by atoms with van der Waals surface area (Å²) in [6.07, 6.45) is 2.43. The number of amides is 1. The molecule has 0 saturated heterocycles. The number of nitrogens with zero attached hydrogens (tertiary/aromatic N) is 4. The van der Waals surface area contributed by atoms with Crippen LogP contribution in [0.15, 0.2) is 36.7 Å². The van der Waals surface area contributed by atoms with Crippen molar-refractivity contribution in [1.29, 1.82) is 0 Å². The van der Waals surface area contributed by atoms with Crippen LogP contribution in [0.5, 0.6) is 0 Å². The summed E-state index contributed by atoms with van der Waals surface area (Å²) in [6, 6.07) is 6.19. The number of nitro groups is 1. The summed E-state index contributed by atoms with van der Waals surface area (Å²) in [7, 11) is 1.43. The number of thiazole rings is 1. The van der Waals surface area contributed by atoms with E-state index in [4.69, 9.17) is 0 Å². The van der Waals surface area contributed by atoms with Gasteiger partial charge in [0.15, 0.2) is 5.13 Å². The number of aromatic nitrogens is 3. The SMILES string of the molecule is Cn1ncc([N+](=O)[O-])c1C(=O)Nc1ncc(-c2ccccc2F)s1. The molecule has 10 heteroatoms. The molecule has 1 N–H and O–H groups in total. The van der Waals surface area contributed by atoms with Crippen LogP contribution in [-0.2, 0) is 7.05 Å². The average Bonchev–Trinajstić information content (AvgIpc) is 3.14. The molecule has 0 spiro atoms. The monoisotopic (exact) mass is 347 g/mol. The number of hydrogen-bond acceptors (Lipinski definition) is 6. The molecule has 1 aromatic carbocycles. The largest absolute Gasteiger partial charge is 0.320 e. The summed E-state index contributed by atoms with van der Waals surface area (Å²) in [5.74, 6) is -1.11. The van der Waals surface area contributed by atoms with Crippen LogP contribution in [0.25, 0.3) is 10.4 Å². The van der Waals surface area contributed by atoms with Gasteiger partial charge in [-0.3, -0.25) is 24.9 Å². The number of rotatable bonds is 4. The van der Waals surface area contributed by atoms with Gasteiger partial charge in [0.1, 0.15) is 12.0 Å². The quantitative estimate of drug-likeness (QED) is 0.577. The molecule has 0 aliphatic heterocycles. The van der Waals surface area contributed by atoms with E-state index in [1.54, 1.807) is 18.2 Å². The van der Waals surface area contributed by atoms with Gasteiger partial charge >= 0.3 is 5.69 Å². The average molecular weight is 347 g/mol. The Bertz CT molecular complexity index is 936. The van der Waals surface area contributed by atoms with Crippen molar-refractivity contribution in [2.75, 3.05) is 5.32 Å². The minimum Gasteiger partial charge on any atom is -0.296 e. The highest BCUT2D eigenvalue weighted by atomic mass is 32.1. The maximum absolute atomic E-state index is 13.8. The van der Waals surface area contributed by atoms with E-state index < -0.39 is 22.3 Å². The maximum atomic E-state index is 13.8. The van der Waals surface area contributed by atoms with E-state index in [2.05, 4.69) is 15.4 Å². The van der Waals surface area contributed by atoms with Gasteiger partial charge in [0.25, 0.3) is 5.91 Å². The molecule has 0 aliphatic rings. The molecule has 2 heterocycles. The number of benzene rings is 1. The molecule has 3 aromatic rings. The van der Waals surface area contributed by atoms with Crippen molar-refractivity contribution in [3.63, 3.8) is 0 Å². The van der Waals surface area contributed by atoms with Gasteiger partial charge in [-0.15, -0.1) is 0 Å². The highest BCUT2D eigenvalue weighted by Crippen LogP contribution is 2.31. The molecular weight excluding hydrogens is 337 g/mol. The number of hydrogen-bond donors (Lipinski definition) is 1. The molecule has 3 rings (SSSR count). The molecule has 122 valence electrons. The molecule has 0 fully saturated rings. The third-order valence-corrected chi connectivity index (χ3v) is 4.14. The van der Waals surface area contributed by atoms with Crippen LogP contribution in [0.4, 0.5) is 15.2 Å². The van der Waals surface area contributed by atoms with E-state index >= 15 is 0 Å². The van der Waals surface area contributed by atoms with E-state index in [1.165, 1.54) is 19.3 Å². The molecule has 0 atom stereocenters. The van der Waals surface area contributed by atoms with E-state index in [0.717, 1.165) is 22.2 Å². The molecule has 1 amide bonds. The Morgan fingerprint density at radius 3 is 2.83 bits per heavy atom. The highest BCUT2D eigenvalue weighted by molar-refractivity contribution is 7.19. The van der Waals surface area contributed by atoms with Crippen LogP contribution >= 0.6 is 11.3 Å². The topological polar surface area (TPSA) is 103 Å². The molecule has 0 unspecified atom stereocenters. The van der Waals surface area contributed by atoms with Crippen LogP contribution in [0.3, 0.4) is 0 Å². The van der Waals surface area contributed by atoms with Gasteiger partial charge in [-0.2, -0.15) is 5.10 Å². The predicted octanol–water partition coefficient (Wildman–Crippen LogP) is 2.84. The number of anilines is 1. The number of aryl methyl sites for hydroxylation is 1. The smallest absolute Gasteiger partial charge is 0.296 e. The summed E-state index contributed by atoms with van der Waals surface area (Å²) in [6.45, 7) is 0. The lowest BCUT2D eigenvalue weighted by Crippen LogP contribution is -2.17. The molecule has 8 nitrogen and oxygen atoms in total. The molecule has 2 aromatic heterocycles. The summed E-state index contributed by atoms with van der Waals surface area (Å²) < 4.78 is 14.9. The minimum absolute atomic E-state index is 0.192. The first-order valence-electron chi connectivity index (χ1n) is 6.66. The summed E-state index contributed by atoms with van der Waals surface area (Å²) in [4.78, 5) is 27.0. The summed E-state index contributed by atoms with van der Waals surface area (Å²) >= 11 is 1.06. The van der Waals surface area contributed by atoms with Gasteiger partial charge in [0.05, 0.1) is 9.80 Å². The normalized spacial score (nSPS) is 10.6. The lowest BCUT2D eigenvalue weighted by molar-refractivity contribution is -0.385. The third-order valence-electron chi connectivity index (χ3n) is 3.20. The summed E-state index contributed by atoms with van der Waals surface area (Å²) in [5, 5.41) is 17.3. The van der Waals surface area contributed by atoms with Crippen molar-refractivity contribution in [2.24, 2.45) is 7.05 Å². The number of nitrogens with one attached hydrogen (secondary N) is 1. The van der Waals surface area contributed by atoms with Crippen molar-refractivity contribution in [1.82, 2.24) is 14.8 Å². The first-order valence-corrected chi connectivity index (χ1v) is 7.47.